The van der Waals surface area contributed by atoms with Crippen LogP contribution in [0.5, 0.6) is 0 Å². The predicted octanol–water partition coefficient (Wildman–Crippen LogP) is 5.43. The standard InChI is InChI=1S/C31H37N3O2/c1-22-16-27(35)28(29(36)34-21-31(4)18-25(34)17-30(2,3)20-31)26(14-13-23-10-6-5-7-11-23)33(22)19-24-12-8-9-15-32-24/h5-12,15-16,25H,13-14,17-21H2,1-4H3. The van der Waals surface area contributed by atoms with Crippen LogP contribution in [0, 0.1) is 17.8 Å². The average molecular weight is 484 g/mol. The number of rotatable bonds is 6. The highest BCUT2D eigenvalue weighted by Crippen LogP contribution is 2.52. The minimum absolute atomic E-state index is 0.0933. The molecule has 2 aliphatic rings. The van der Waals surface area contributed by atoms with Crippen LogP contribution in [0.2, 0.25) is 0 Å². The van der Waals surface area contributed by atoms with Gasteiger partial charge in [0.05, 0.1) is 12.2 Å². The molecule has 1 amide bonds. The zero-order chi connectivity index (χ0) is 25.5. The molecule has 2 aromatic heterocycles. The van der Waals surface area contributed by atoms with Crippen LogP contribution in [0.1, 0.15) is 73.0 Å². The minimum atomic E-state index is -0.163. The molecule has 1 saturated heterocycles. The van der Waals surface area contributed by atoms with Crippen molar-refractivity contribution in [2.24, 2.45) is 10.8 Å². The summed E-state index contributed by atoms with van der Waals surface area (Å²) in [5.74, 6) is -0.0933. The second-order valence-electron chi connectivity index (χ2n) is 12.0. The largest absolute Gasteiger partial charge is 0.342 e. The highest BCUT2D eigenvalue weighted by molar-refractivity contribution is 5.96. The molecule has 0 spiro atoms. The number of hydrogen-bond donors (Lipinski definition) is 0. The molecule has 3 aromatic rings. The lowest BCUT2D eigenvalue weighted by Crippen LogP contribution is -2.41. The molecule has 5 nitrogen and oxygen atoms in total. The average Bonchev–Trinajstić information content (AvgIpc) is 3.09. The van der Waals surface area contributed by atoms with Gasteiger partial charge in [-0.05, 0) is 67.6 Å². The monoisotopic (exact) mass is 483 g/mol. The van der Waals surface area contributed by atoms with Crippen LogP contribution >= 0.6 is 0 Å². The number of aryl methyl sites for hydroxylation is 2. The summed E-state index contributed by atoms with van der Waals surface area (Å²) in [5, 5.41) is 0. The lowest BCUT2D eigenvalue weighted by molar-refractivity contribution is 0.0704. The van der Waals surface area contributed by atoms with Crippen molar-refractivity contribution >= 4 is 5.91 Å². The summed E-state index contributed by atoms with van der Waals surface area (Å²) >= 11 is 0. The number of aromatic nitrogens is 2. The molecule has 36 heavy (non-hydrogen) atoms. The van der Waals surface area contributed by atoms with Gasteiger partial charge < -0.3 is 9.47 Å². The first kappa shape index (κ1) is 24.5. The molecule has 2 bridgehead atoms. The molecule has 0 radical (unpaired) electrons. The van der Waals surface area contributed by atoms with Gasteiger partial charge in [0.15, 0.2) is 5.43 Å². The maximum atomic E-state index is 14.2. The molecule has 1 aromatic carbocycles. The molecule has 1 aliphatic heterocycles. The van der Waals surface area contributed by atoms with Crippen molar-refractivity contribution in [3.05, 3.63) is 99.2 Å². The molecule has 0 N–H and O–H groups in total. The van der Waals surface area contributed by atoms with Gasteiger partial charge in [-0.25, -0.2) is 0 Å². The number of hydrogen-bond acceptors (Lipinski definition) is 3. The van der Waals surface area contributed by atoms with E-state index in [0.717, 1.165) is 49.3 Å². The number of nitrogens with zero attached hydrogens (tertiary/aromatic N) is 3. The number of carbonyl (C=O) groups excluding carboxylic acids is 1. The van der Waals surface area contributed by atoms with Crippen molar-refractivity contribution in [3.63, 3.8) is 0 Å². The summed E-state index contributed by atoms with van der Waals surface area (Å²) in [6, 6.07) is 18.0. The first-order valence-corrected chi connectivity index (χ1v) is 13.1. The van der Waals surface area contributed by atoms with Gasteiger partial charge in [0.2, 0.25) is 0 Å². The van der Waals surface area contributed by atoms with Crippen molar-refractivity contribution in [1.29, 1.82) is 0 Å². The topological polar surface area (TPSA) is 55.2 Å². The Morgan fingerprint density at radius 1 is 1.03 bits per heavy atom. The summed E-state index contributed by atoms with van der Waals surface area (Å²) < 4.78 is 2.13. The van der Waals surface area contributed by atoms with Crippen molar-refractivity contribution in [3.8, 4) is 0 Å². The van der Waals surface area contributed by atoms with Crippen LogP contribution < -0.4 is 5.43 Å². The van der Waals surface area contributed by atoms with Crippen molar-refractivity contribution in [2.45, 2.75) is 72.4 Å². The smallest absolute Gasteiger partial charge is 0.259 e. The van der Waals surface area contributed by atoms with E-state index in [0.29, 0.717) is 18.5 Å². The summed E-state index contributed by atoms with van der Waals surface area (Å²) in [5.41, 5.74) is 4.30. The fraction of sp³-hybridized carbons (Fsp3) is 0.452. The molecule has 1 aliphatic carbocycles. The fourth-order valence-corrected chi connectivity index (χ4v) is 6.94. The Morgan fingerprint density at radius 2 is 1.78 bits per heavy atom. The van der Waals surface area contributed by atoms with Crippen molar-refractivity contribution in [1.82, 2.24) is 14.5 Å². The molecular weight excluding hydrogens is 446 g/mol. The van der Waals surface area contributed by atoms with E-state index in [9.17, 15) is 9.59 Å². The lowest BCUT2D eigenvalue weighted by Gasteiger charge is -2.39. The lowest BCUT2D eigenvalue weighted by atomic mass is 9.65. The molecule has 5 rings (SSSR count). The van der Waals surface area contributed by atoms with Gasteiger partial charge in [-0.1, -0.05) is 57.2 Å². The van der Waals surface area contributed by atoms with E-state index in [1.807, 2.05) is 48.2 Å². The second kappa shape index (κ2) is 9.34. The Hall–Kier alpha value is -3.21. The van der Waals surface area contributed by atoms with E-state index in [2.05, 4.69) is 42.5 Å². The normalized spacial score (nSPS) is 22.6. The second-order valence-corrected chi connectivity index (χ2v) is 12.0. The number of pyridine rings is 2. The van der Waals surface area contributed by atoms with Crippen LogP contribution in [0.4, 0.5) is 0 Å². The molecule has 2 fully saturated rings. The van der Waals surface area contributed by atoms with Crippen molar-refractivity contribution < 1.29 is 4.79 Å². The van der Waals surface area contributed by atoms with Crippen LogP contribution in [0.15, 0.2) is 65.6 Å². The predicted molar refractivity (Wildman–Crippen MR) is 143 cm³/mol. The van der Waals surface area contributed by atoms with Crippen LogP contribution in [0.3, 0.4) is 0 Å². The van der Waals surface area contributed by atoms with Gasteiger partial charge in [-0.15, -0.1) is 0 Å². The summed E-state index contributed by atoms with van der Waals surface area (Å²) in [4.78, 5) is 34.3. The third-order valence-electron chi connectivity index (χ3n) is 8.06. The van der Waals surface area contributed by atoms with E-state index in [-0.39, 0.29) is 28.2 Å². The number of amides is 1. The molecule has 3 heterocycles. The number of likely N-dealkylation sites (tertiary alicyclic amines) is 1. The summed E-state index contributed by atoms with van der Waals surface area (Å²) in [7, 11) is 0. The van der Waals surface area contributed by atoms with Crippen LogP contribution in [-0.2, 0) is 19.4 Å². The number of carbonyl (C=O) groups is 1. The molecule has 188 valence electrons. The van der Waals surface area contributed by atoms with Crippen molar-refractivity contribution in [2.75, 3.05) is 6.54 Å². The van der Waals surface area contributed by atoms with Crippen LogP contribution in [-0.4, -0.2) is 32.9 Å². The van der Waals surface area contributed by atoms with Gasteiger partial charge >= 0.3 is 0 Å². The highest BCUT2D eigenvalue weighted by atomic mass is 16.2. The third kappa shape index (κ3) is 4.88. The Labute approximate surface area is 214 Å². The van der Waals surface area contributed by atoms with E-state index in [1.165, 1.54) is 5.56 Å². The Morgan fingerprint density at radius 3 is 2.50 bits per heavy atom. The summed E-state index contributed by atoms with van der Waals surface area (Å²) in [6.45, 7) is 10.1. The van der Waals surface area contributed by atoms with Gasteiger partial charge in [0.1, 0.15) is 5.56 Å². The number of fused-ring (bicyclic) bond motifs is 2. The third-order valence-corrected chi connectivity index (χ3v) is 8.06. The van der Waals surface area contributed by atoms with E-state index in [1.54, 1.807) is 12.3 Å². The maximum Gasteiger partial charge on any atom is 0.259 e. The van der Waals surface area contributed by atoms with Gasteiger partial charge in [-0.3, -0.25) is 14.6 Å². The van der Waals surface area contributed by atoms with Gasteiger partial charge in [0, 0.05) is 36.2 Å². The summed E-state index contributed by atoms with van der Waals surface area (Å²) in [6.07, 6.45) is 6.29. The van der Waals surface area contributed by atoms with Gasteiger partial charge in [-0.2, -0.15) is 0 Å². The minimum Gasteiger partial charge on any atom is -0.342 e. The SMILES string of the molecule is Cc1cc(=O)c(C(=O)N2CC3(C)CC2CC(C)(C)C3)c(CCc2ccccc2)n1Cc1ccccn1. The highest BCUT2D eigenvalue weighted by Gasteiger charge is 2.51. The van der Waals surface area contributed by atoms with Crippen LogP contribution in [0.25, 0.3) is 0 Å². The Balaban J connectivity index is 1.57. The molecule has 2 atom stereocenters. The fourth-order valence-electron chi connectivity index (χ4n) is 6.94. The Kier molecular flexibility index (Phi) is 6.36. The zero-order valence-electron chi connectivity index (χ0n) is 22.0. The van der Waals surface area contributed by atoms with Gasteiger partial charge in [0.25, 0.3) is 5.91 Å². The molecular formula is C31H37N3O2. The van der Waals surface area contributed by atoms with E-state index in [4.69, 9.17) is 0 Å². The first-order valence-electron chi connectivity index (χ1n) is 13.1. The quantitative estimate of drug-likeness (QED) is 0.470. The Bertz CT molecular complexity index is 1310. The molecule has 2 unspecified atom stereocenters. The molecule has 1 saturated carbocycles. The molecule has 5 heteroatoms. The number of benzene rings is 1. The van der Waals surface area contributed by atoms with E-state index < -0.39 is 0 Å². The maximum absolute atomic E-state index is 14.2. The first-order chi connectivity index (χ1) is 17.1. The zero-order valence-corrected chi connectivity index (χ0v) is 22.0. The van der Waals surface area contributed by atoms with E-state index >= 15 is 0 Å².